The first-order valence-electron chi connectivity index (χ1n) is 8.49. The molecule has 6 heteroatoms. The van der Waals surface area contributed by atoms with Gasteiger partial charge in [-0.05, 0) is 60.4 Å². The Morgan fingerprint density at radius 1 is 1.04 bits per heavy atom. The van der Waals surface area contributed by atoms with Crippen LogP contribution in [-0.4, -0.2) is 39.4 Å². The van der Waals surface area contributed by atoms with E-state index in [-0.39, 0.29) is 18.7 Å². The minimum atomic E-state index is -1.08. The molecule has 1 heterocycles. The summed E-state index contributed by atoms with van der Waals surface area (Å²) < 4.78 is 0. The number of hydrogen-bond acceptors (Lipinski definition) is 4. The molecule has 0 aromatic heterocycles. The van der Waals surface area contributed by atoms with E-state index in [1.54, 1.807) is 56.3 Å². The van der Waals surface area contributed by atoms with E-state index >= 15 is 0 Å². The molecular formula is C21H19NO5. The molecule has 0 saturated heterocycles. The predicted octanol–water partition coefficient (Wildman–Crippen LogP) is 3.01. The third-order valence-corrected chi connectivity index (χ3v) is 4.54. The molecule has 2 aromatic rings. The van der Waals surface area contributed by atoms with Crippen LogP contribution in [0.5, 0.6) is 5.75 Å². The molecule has 0 spiro atoms. The van der Waals surface area contributed by atoms with Crippen LogP contribution in [-0.2, 0) is 9.59 Å². The van der Waals surface area contributed by atoms with Crippen molar-refractivity contribution in [3.8, 4) is 5.75 Å². The van der Waals surface area contributed by atoms with E-state index in [9.17, 15) is 19.5 Å². The molecule has 3 rings (SSSR count). The fourth-order valence-corrected chi connectivity index (χ4v) is 3.19. The molecule has 1 aliphatic heterocycles. The van der Waals surface area contributed by atoms with Gasteiger partial charge >= 0.3 is 5.97 Å². The number of benzene rings is 2. The zero-order valence-electron chi connectivity index (χ0n) is 15.0. The summed E-state index contributed by atoms with van der Waals surface area (Å²) in [4.78, 5) is 37.5. The van der Waals surface area contributed by atoms with Crippen LogP contribution in [0.25, 0.3) is 11.6 Å². The van der Waals surface area contributed by atoms with Crippen molar-refractivity contribution < 1.29 is 24.6 Å². The number of imide groups is 1. The Morgan fingerprint density at radius 2 is 1.63 bits per heavy atom. The number of aliphatic carboxylic acids is 1. The van der Waals surface area contributed by atoms with Gasteiger partial charge in [-0.15, -0.1) is 0 Å². The van der Waals surface area contributed by atoms with Gasteiger partial charge in [-0.3, -0.25) is 19.3 Å². The molecule has 1 aliphatic rings. The molecule has 2 aromatic carbocycles. The topological polar surface area (TPSA) is 94.9 Å². The Balaban J connectivity index is 2.12. The molecule has 0 saturated carbocycles. The highest BCUT2D eigenvalue weighted by molar-refractivity contribution is 6.33. The summed E-state index contributed by atoms with van der Waals surface area (Å²) >= 11 is 0. The number of aryl methyl sites for hydroxylation is 2. The zero-order chi connectivity index (χ0) is 19.7. The number of aromatic hydroxyl groups is 1. The SMILES string of the molecule is Cc1cc(/C=C2\C(=O)N(CCC(=O)O)C(=O)c3ccccc32)cc(C)c1O. The number of carboxylic acid groups (broad SMARTS) is 1. The van der Waals surface area contributed by atoms with Gasteiger partial charge < -0.3 is 10.2 Å². The maximum Gasteiger partial charge on any atom is 0.305 e. The van der Waals surface area contributed by atoms with Crippen molar-refractivity contribution in [1.29, 1.82) is 0 Å². The van der Waals surface area contributed by atoms with Gasteiger partial charge in [0.1, 0.15) is 5.75 Å². The summed E-state index contributed by atoms with van der Waals surface area (Å²) in [6.45, 7) is 3.35. The highest BCUT2D eigenvalue weighted by Gasteiger charge is 2.34. The summed E-state index contributed by atoms with van der Waals surface area (Å²) in [5, 5.41) is 18.9. The van der Waals surface area contributed by atoms with Crippen molar-refractivity contribution in [1.82, 2.24) is 4.90 Å². The van der Waals surface area contributed by atoms with Gasteiger partial charge in [-0.1, -0.05) is 18.2 Å². The molecule has 0 fully saturated rings. The number of carboxylic acids is 1. The van der Waals surface area contributed by atoms with Crippen molar-refractivity contribution in [3.05, 3.63) is 64.2 Å². The summed E-state index contributed by atoms with van der Waals surface area (Å²) in [7, 11) is 0. The van der Waals surface area contributed by atoms with Crippen molar-refractivity contribution in [2.75, 3.05) is 6.54 Å². The predicted molar refractivity (Wildman–Crippen MR) is 100 cm³/mol. The largest absolute Gasteiger partial charge is 0.507 e. The van der Waals surface area contributed by atoms with Gasteiger partial charge in [-0.2, -0.15) is 0 Å². The van der Waals surface area contributed by atoms with Gasteiger partial charge in [0.2, 0.25) is 0 Å². The Hall–Kier alpha value is -3.41. The molecule has 0 bridgehead atoms. The fraction of sp³-hybridized carbons (Fsp3) is 0.190. The molecule has 6 nitrogen and oxygen atoms in total. The van der Waals surface area contributed by atoms with Crippen molar-refractivity contribution in [2.45, 2.75) is 20.3 Å². The standard InChI is InChI=1S/C21H19NO5/c1-12-9-14(10-13(2)19(12)25)11-17-15-5-3-4-6-16(15)20(26)22(21(17)27)8-7-18(23)24/h3-6,9-11,25H,7-8H2,1-2H3,(H,23,24)/b17-11-. The lowest BCUT2D eigenvalue weighted by atomic mass is 9.91. The minimum absolute atomic E-state index is 0.188. The highest BCUT2D eigenvalue weighted by atomic mass is 16.4. The molecule has 0 aliphatic carbocycles. The number of carbonyl (C=O) groups is 3. The lowest BCUT2D eigenvalue weighted by molar-refractivity contribution is -0.137. The maximum atomic E-state index is 12.9. The molecule has 2 amide bonds. The van der Waals surface area contributed by atoms with Gasteiger partial charge in [0.25, 0.3) is 11.8 Å². The van der Waals surface area contributed by atoms with Gasteiger partial charge in [0.15, 0.2) is 0 Å². The van der Waals surface area contributed by atoms with Crippen LogP contribution < -0.4 is 0 Å². The number of hydrogen-bond donors (Lipinski definition) is 2. The van der Waals surface area contributed by atoms with Crippen LogP contribution in [0.15, 0.2) is 36.4 Å². The summed E-state index contributed by atoms with van der Waals surface area (Å²) in [5.74, 6) is -1.90. The van der Waals surface area contributed by atoms with E-state index in [0.717, 1.165) is 4.90 Å². The van der Waals surface area contributed by atoms with Crippen LogP contribution in [0, 0.1) is 13.8 Å². The third-order valence-electron chi connectivity index (χ3n) is 4.54. The third kappa shape index (κ3) is 3.46. The number of amides is 2. The van der Waals surface area contributed by atoms with Gasteiger partial charge in [0.05, 0.1) is 6.42 Å². The van der Waals surface area contributed by atoms with E-state index in [1.807, 2.05) is 0 Å². The lowest BCUT2D eigenvalue weighted by Crippen LogP contribution is -2.42. The summed E-state index contributed by atoms with van der Waals surface area (Å²) in [6.07, 6.45) is 1.35. The van der Waals surface area contributed by atoms with E-state index in [0.29, 0.717) is 33.4 Å². The number of phenolic OH excluding ortho intramolecular Hbond substituents is 1. The number of fused-ring (bicyclic) bond motifs is 1. The second-order valence-corrected chi connectivity index (χ2v) is 6.51. The van der Waals surface area contributed by atoms with E-state index in [1.165, 1.54) is 0 Å². The van der Waals surface area contributed by atoms with Crippen LogP contribution in [0.2, 0.25) is 0 Å². The molecule has 0 radical (unpaired) electrons. The molecular weight excluding hydrogens is 346 g/mol. The van der Waals surface area contributed by atoms with E-state index < -0.39 is 17.8 Å². The fourth-order valence-electron chi connectivity index (χ4n) is 3.19. The van der Waals surface area contributed by atoms with Gasteiger partial charge in [-0.25, -0.2) is 0 Å². The van der Waals surface area contributed by atoms with E-state index in [2.05, 4.69) is 0 Å². The van der Waals surface area contributed by atoms with Crippen molar-refractivity contribution >= 4 is 29.4 Å². The first-order chi connectivity index (χ1) is 12.8. The Morgan fingerprint density at radius 3 is 2.22 bits per heavy atom. The van der Waals surface area contributed by atoms with E-state index in [4.69, 9.17) is 5.11 Å². The quantitative estimate of drug-likeness (QED) is 0.641. The highest BCUT2D eigenvalue weighted by Crippen LogP contribution is 2.32. The first kappa shape index (κ1) is 18.4. The Bertz CT molecular complexity index is 967. The summed E-state index contributed by atoms with van der Waals surface area (Å²) in [6, 6.07) is 10.3. The molecule has 27 heavy (non-hydrogen) atoms. The average molecular weight is 365 g/mol. The van der Waals surface area contributed by atoms with Crippen LogP contribution in [0.4, 0.5) is 0 Å². The van der Waals surface area contributed by atoms with Crippen LogP contribution >= 0.6 is 0 Å². The monoisotopic (exact) mass is 365 g/mol. The number of rotatable bonds is 4. The summed E-state index contributed by atoms with van der Waals surface area (Å²) in [5.41, 5.74) is 3.27. The molecule has 0 atom stereocenters. The van der Waals surface area contributed by atoms with Crippen LogP contribution in [0.1, 0.15) is 39.0 Å². The average Bonchev–Trinajstić information content (AvgIpc) is 2.62. The second kappa shape index (κ2) is 7.07. The molecule has 0 unspecified atom stereocenters. The minimum Gasteiger partial charge on any atom is -0.507 e. The zero-order valence-corrected chi connectivity index (χ0v) is 15.0. The molecule has 138 valence electrons. The van der Waals surface area contributed by atoms with Gasteiger partial charge in [0, 0.05) is 17.7 Å². The first-order valence-corrected chi connectivity index (χ1v) is 8.49. The Labute approximate surface area is 156 Å². The maximum absolute atomic E-state index is 12.9. The molecule has 2 N–H and O–H groups in total. The number of carbonyl (C=O) groups excluding carboxylic acids is 2. The second-order valence-electron chi connectivity index (χ2n) is 6.51. The number of nitrogens with zero attached hydrogens (tertiary/aromatic N) is 1. The van der Waals surface area contributed by atoms with Crippen LogP contribution in [0.3, 0.4) is 0 Å². The number of phenols is 1. The van der Waals surface area contributed by atoms with Crippen molar-refractivity contribution in [3.63, 3.8) is 0 Å². The normalized spacial score (nSPS) is 15.2. The Kier molecular flexibility index (Phi) is 4.81. The smallest absolute Gasteiger partial charge is 0.305 e. The lowest BCUT2D eigenvalue weighted by Gasteiger charge is -2.28. The van der Waals surface area contributed by atoms with Crippen molar-refractivity contribution in [2.24, 2.45) is 0 Å².